The molecule has 0 bridgehead atoms. The Labute approximate surface area is 119 Å². The van der Waals surface area contributed by atoms with E-state index in [1.54, 1.807) is 0 Å². The predicted molar refractivity (Wildman–Crippen MR) is 62.6 cm³/mol. The molecule has 4 unspecified atom stereocenters. The standard InChI is InChI=1S/C11H20O10/c12-1-4-6(14)7(15)8(16)10(20-4)21-5-2-19-11(18,3-13)9(5)17/h4-10,12-18H,1-3H2/t4?,5-,6+,7-,8?,9?,10?,11-/m0/s1. The van der Waals surface area contributed by atoms with Crippen molar-refractivity contribution in [2.24, 2.45) is 0 Å². The smallest absolute Gasteiger partial charge is 0.218 e. The number of rotatable bonds is 4. The highest BCUT2D eigenvalue weighted by Crippen LogP contribution is 2.29. The summed E-state index contributed by atoms with van der Waals surface area (Å²) in [6.07, 6.45) is -10.1. The molecule has 2 fully saturated rings. The summed E-state index contributed by atoms with van der Waals surface area (Å²) in [5.74, 6) is -2.18. The van der Waals surface area contributed by atoms with Gasteiger partial charge >= 0.3 is 0 Å². The van der Waals surface area contributed by atoms with E-state index < -0.39 is 61.9 Å². The first-order valence-corrected chi connectivity index (χ1v) is 6.45. The summed E-state index contributed by atoms with van der Waals surface area (Å²) in [6.45, 7) is -1.76. The first-order chi connectivity index (χ1) is 9.84. The molecule has 2 heterocycles. The molecular weight excluding hydrogens is 292 g/mol. The van der Waals surface area contributed by atoms with Crippen LogP contribution in [0.1, 0.15) is 0 Å². The molecule has 2 rings (SSSR count). The normalized spacial score (nSPS) is 51.3. The molecule has 0 radical (unpaired) electrons. The molecular formula is C11H20O10. The molecule has 0 spiro atoms. The quantitative estimate of drug-likeness (QED) is 0.267. The van der Waals surface area contributed by atoms with Gasteiger partial charge in [-0.15, -0.1) is 0 Å². The van der Waals surface area contributed by atoms with E-state index in [-0.39, 0.29) is 6.61 Å². The zero-order valence-electron chi connectivity index (χ0n) is 11.0. The van der Waals surface area contributed by atoms with Crippen molar-refractivity contribution >= 4 is 0 Å². The van der Waals surface area contributed by atoms with Crippen molar-refractivity contribution < 1.29 is 50.0 Å². The molecule has 8 atom stereocenters. The fourth-order valence-corrected chi connectivity index (χ4v) is 2.30. The van der Waals surface area contributed by atoms with Gasteiger partial charge in [0, 0.05) is 0 Å². The lowest BCUT2D eigenvalue weighted by Crippen LogP contribution is -2.60. The summed E-state index contributed by atoms with van der Waals surface area (Å²) in [7, 11) is 0. The fraction of sp³-hybridized carbons (Fsp3) is 1.00. The minimum Gasteiger partial charge on any atom is -0.394 e. The molecule has 2 saturated heterocycles. The van der Waals surface area contributed by atoms with Crippen molar-refractivity contribution in [1.29, 1.82) is 0 Å². The molecule has 2 aliphatic heterocycles. The van der Waals surface area contributed by atoms with Gasteiger partial charge in [0.15, 0.2) is 6.29 Å². The highest BCUT2D eigenvalue weighted by atomic mass is 16.7. The highest BCUT2D eigenvalue weighted by Gasteiger charge is 2.52. The molecule has 124 valence electrons. The summed E-state index contributed by atoms with van der Waals surface area (Å²) in [5, 5.41) is 66.5. The van der Waals surface area contributed by atoms with Gasteiger partial charge in [-0.3, -0.25) is 0 Å². The Kier molecular flexibility index (Phi) is 5.15. The zero-order valence-corrected chi connectivity index (χ0v) is 11.0. The van der Waals surface area contributed by atoms with Crippen LogP contribution in [-0.2, 0) is 14.2 Å². The van der Waals surface area contributed by atoms with E-state index in [9.17, 15) is 25.5 Å². The van der Waals surface area contributed by atoms with Crippen LogP contribution in [-0.4, -0.2) is 104 Å². The van der Waals surface area contributed by atoms with Gasteiger partial charge < -0.3 is 50.0 Å². The van der Waals surface area contributed by atoms with E-state index in [1.807, 2.05) is 0 Å². The number of ether oxygens (including phenoxy) is 3. The first kappa shape index (κ1) is 17.0. The lowest BCUT2D eigenvalue weighted by atomic mass is 9.99. The maximum absolute atomic E-state index is 9.81. The van der Waals surface area contributed by atoms with E-state index in [4.69, 9.17) is 24.4 Å². The molecule has 0 aromatic rings. The van der Waals surface area contributed by atoms with Crippen LogP contribution in [0, 0.1) is 0 Å². The van der Waals surface area contributed by atoms with E-state index in [0.29, 0.717) is 0 Å². The summed E-state index contributed by atoms with van der Waals surface area (Å²) >= 11 is 0. The van der Waals surface area contributed by atoms with E-state index in [2.05, 4.69) is 0 Å². The number of hydrogen-bond acceptors (Lipinski definition) is 10. The monoisotopic (exact) mass is 312 g/mol. The van der Waals surface area contributed by atoms with Crippen molar-refractivity contribution in [3.63, 3.8) is 0 Å². The van der Waals surface area contributed by atoms with Crippen molar-refractivity contribution in [2.45, 2.75) is 48.7 Å². The van der Waals surface area contributed by atoms with Crippen molar-refractivity contribution in [2.75, 3.05) is 19.8 Å². The van der Waals surface area contributed by atoms with Crippen LogP contribution >= 0.6 is 0 Å². The molecule has 0 aliphatic carbocycles. The molecule has 7 N–H and O–H groups in total. The maximum atomic E-state index is 9.81. The van der Waals surface area contributed by atoms with Gasteiger partial charge in [-0.05, 0) is 0 Å². The largest absolute Gasteiger partial charge is 0.394 e. The van der Waals surface area contributed by atoms with Crippen LogP contribution in [0.5, 0.6) is 0 Å². The first-order valence-electron chi connectivity index (χ1n) is 6.45. The number of hydrogen-bond donors (Lipinski definition) is 7. The molecule has 21 heavy (non-hydrogen) atoms. The van der Waals surface area contributed by atoms with Crippen LogP contribution in [0.15, 0.2) is 0 Å². The lowest BCUT2D eigenvalue weighted by molar-refractivity contribution is -0.316. The number of aliphatic hydroxyl groups is 7. The summed E-state index contributed by atoms with van der Waals surface area (Å²) in [4.78, 5) is 0. The Morgan fingerprint density at radius 1 is 1.05 bits per heavy atom. The van der Waals surface area contributed by atoms with Gasteiger partial charge in [0.25, 0.3) is 0 Å². The Balaban J connectivity index is 2.02. The fourth-order valence-electron chi connectivity index (χ4n) is 2.30. The lowest BCUT2D eigenvalue weighted by Gasteiger charge is -2.40. The topological polar surface area (TPSA) is 169 Å². The van der Waals surface area contributed by atoms with Crippen LogP contribution in [0.25, 0.3) is 0 Å². The van der Waals surface area contributed by atoms with Gasteiger partial charge in [-0.25, -0.2) is 0 Å². The SMILES string of the molecule is OCC1OC(O[C@H]2CO[C@@](O)(CO)C2O)C(O)[C@@H](O)[C@@H]1O. The third-order valence-electron chi connectivity index (χ3n) is 3.70. The number of aliphatic hydroxyl groups excluding tert-OH is 6. The Morgan fingerprint density at radius 3 is 2.24 bits per heavy atom. The second-order valence-corrected chi connectivity index (χ2v) is 5.13. The van der Waals surface area contributed by atoms with Gasteiger partial charge in [0.05, 0.1) is 19.8 Å². The minimum atomic E-state index is -2.18. The van der Waals surface area contributed by atoms with E-state index in [0.717, 1.165) is 0 Å². The van der Waals surface area contributed by atoms with Crippen LogP contribution in [0.4, 0.5) is 0 Å². The minimum absolute atomic E-state index is 0.284. The average Bonchev–Trinajstić information content (AvgIpc) is 2.76. The van der Waals surface area contributed by atoms with Crippen molar-refractivity contribution in [3.05, 3.63) is 0 Å². The van der Waals surface area contributed by atoms with Gasteiger partial charge in [0.1, 0.15) is 36.6 Å². The molecule has 10 nitrogen and oxygen atoms in total. The van der Waals surface area contributed by atoms with Crippen molar-refractivity contribution in [3.8, 4) is 0 Å². The third-order valence-corrected chi connectivity index (χ3v) is 3.70. The van der Waals surface area contributed by atoms with E-state index in [1.165, 1.54) is 0 Å². The third kappa shape index (κ3) is 3.05. The molecule has 0 saturated carbocycles. The molecule has 0 amide bonds. The predicted octanol–water partition coefficient (Wildman–Crippen LogP) is -4.76. The average molecular weight is 312 g/mol. The van der Waals surface area contributed by atoms with Gasteiger partial charge in [0.2, 0.25) is 5.79 Å². The van der Waals surface area contributed by atoms with Gasteiger partial charge in [-0.2, -0.15) is 0 Å². The zero-order chi connectivity index (χ0) is 15.8. The molecule has 10 heteroatoms. The van der Waals surface area contributed by atoms with Crippen LogP contribution < -0.4 is 0 Å². The summed E-state index contributed by atoms with van der Waals surface area (Å²) in [5.41, 5.74) is 0. The second kappa shape index (κ2) is 6.38. The Morgan fingerprint density at radius 2 is 1.71 bits per heavy atom. The second-order valence-electron chi connectivity index (χ2n) is 5.13. The van der Waals surface area contributed by atoms with Crippen LogP contribution in [0.2, 0.25) is 0 Å². The molecule has 0 aromatic carbocycles. The van der Waals surface area contributed by atoms with Crippen LogP contribution in [0.3, 0.4) is 0 Å². The molecule has 2 aliphatic rings. The highest BCUT2D eigenvalue weighted by molar-refractivity contribution is 4.93. The Hall–Kier alpha value is -0.400. The summed E-state index contributed by atoms with van der Waals surface area (Å²) < 4.78 is 15.1. The Bertz CT molecular complexity index is 352. The van der Waals surface area contributed by atoms with E-state index >= 15 is 0 Å². The maximum Gasteiger partial charge on any atom is 0.218 e. The van der Waals surface area contributed by atoms with Crippen molar-refractivity contribution in [1.82, 2.24) is 0 Å². The summed E-state index contributed by atoms with van der Waals surface area (Å²) in [6, 6.07) is 0. The van der Waals surface area contributed by atoms with Gasteiger partial charge in [-0.1, -0.05) is 0 Å². The molecule has 0 aromatic heterocycles.